The Hall–Kier alpha value is -2.47. The smallest absolute Gasteiger partial charge is 0.183 e. The van der Waals surface area contributed by atoms with Gasteiger partial charge >= 0.3 is 0 Å². The van der Waals surface area contributed by atoms with E-state index in [4.69, 9.17) is 0 Å². The average Bonchev–Trinajstić information content (AvgIpc) is 3.09. The maximum absolute atomic E-state index is 12.2. The van der Waals surface area contributed by atoms with Crippen molar-refractivity contribution in [3.63, 3.8) is 0 Å². The lowest BCUT2D eigenvalue weighted by Crippen LogP contribution is -2.26. The lowest BCUT2D eigenvalue weighted by molar-refractivity contribution is 0.0588. The Morgan fingerprint density at radius 1 is 1.29 bits per heavy atom. The number of rotatable bonds is 5. The van der Waals surface area contributed by atoms with Gasteiger partial charge in [-0.1, -0.05) is 13.0 Å². The molecule has 0 aliphatic carbocycles. The first kappa shape index (κ1) is 16.4. The van der Waals surface area contributed by atoms with Gasteiger partial charge in [0.15, 0.2) is 5.78 Å². The lowest BCUT2D eigenvalue weighted by atomic mass is 10.0. The number of hydrogen-bond acceptors (Lipinski definition) is 4. The number of hydrogen-bond donors (Lipinski definition) is 1. The number of ketones is 1. The van der Waals surface area contributed by atoms with Crippen LogP contribution in [0.5, 0.6) is 0 Å². The highest BCUT2D eigenvalue weighted by atomic mass is 16.3. The third-order valence-corrected chi connectivity index (χ3v) is 3.91. The molecule has 6 nitrogen and oxygen atoms in total. The van der Waals surface area contributed by atoms with Crippen LogP contribution in [-0.2, 0) is 13.6 Å². The van der Waals surface area contributed by atoms with Crippen LogP contribution in [0.15, 0.2) is 30.6 Å². The second kappa shape index (κ2) is 5.87. The van der Waals surface area contributed by atoms with Gasteiger partial charge in [-0.15, -0.1) is 0 Å². The zero-order valence-corrected chi connectivity index (χ0v) is 14.4. The summed E-state index contributed by atoms with van der Waals surface area (Å²) in [7, 11) is 1.87. The summed E-state index contributed by atoms with van der Waals surface area (Å²) >= 11 is 0. The summed E-state index contributed by atoms with van der Waals surface area (Å²) in [5, 5.41) is 19.7. The van der Waals surface area contributed by atoms with Gasteiger partial charge in [0.05, 0.1) is 23.9 Å². The summed E-state index contributed by atoms with van der Waals surface area (Å²) in [6.07, 6.45) is 4.14. The van der Waals surface area contributed by atoms with E-state index in [0.717, 1.165) is 22.0 Å². The third kappa shape index (κ3) is 3.10. The molecule has 2 heterocycles. The van der Waals surface area contributed by atoms with E-state index < -0.39 is 5.60 Å². The van der Waals surface area contributed by atoms with Gasteiger partial charge in [-0.2, -0.15) is 10.2 Å². The van der Waals surface area contributed by atoms with E-state index in [9.17, 15) is 9.90 Å². The Morgan fingerprint density at radius 3 is 2.62 bits per heavy atom. The van der Waals surface area contributed by atoms with E-state index in [1.165, 1.54) is 0 Å². The SMILES string of the molecule is CCC(=O)c1nn(CC(C)(C)O)c2cc(-c3cnn(C)c3)ccc12. The second-order valence-electron chi connectivity index (χ2n) is 6.73. The molecule has 0 aliphatic rings. The maximum Gasteiger partial charge on any atom is 0.183 e. The average molecular weight is 326 g/mol. The molecule has 0 unspecified atom stereocenters. The Morgan fingerprint density at radius 2 is 2.04 bits per heavy atom. The molecule has 0 spiro atoms. The van der Waals surface area contributed by atoms with Gasteiger partial charge in [0.1, 0.15) is 5.69 Å². The third-order valence-electron chi connectivity index (χ3n) is 3.91. The molecule has 24 heavy (non-hydrogen) atoms. The highest BCUT2D eigenvalue weighted by molar-refractivity contribution is 6.06. The van der Waals surface area contributed by atoms with Crippen LogP contribution >= 0.6 is 0 Å². The van der Waals surface area contributed by atoms with Gasteiger partial charge < -0.3 is 5.11 Å². The monoisotopic (exact) mass is 326 g/mol. The van der Waals surface area contributed by atoms with Crippen molar-refractivity contribution in [2.24, 2.45) is 7.05 Å². The molecule has 0 aliphatic heterocycles. The van der Waals surface area contributed by atoms with Crippen molar-refractivity contribution in [2.75, 3.05) is 0 Å². The summed E-state index contributed by atoms with van der Waals surface area (Å²) in [6, 6.07) is 5.90. The van der Waals surface area contributed by atoms with E-state index >= 15 is 0 Å². The molecular weight excluding hydrogens is 304 g/mol. The van der Waals surface area contributed by atoms with E-state index in [1.807, 2.05) is 38.4 Å². The van der Waals surface area contributed by atoms with E-state index in [1.54, 1.807) is 29.4 Å². The molecule has 3 rings (SSSR count). The van der Waals surface area contributed by atoms with Crippen molar-refractivity contribution in [1.29, 1.82) is 0 Å². The molecule has 6 heteroatoms. The molecule has 3 aromatic rings. The van der Waals surface area contributed by atoms with Crippen LogP contribution < -0.4 is 0 Å². The Labute approximate surface area is 140 Å². The number of carbonyl (C=O) groups excluding carboxylic acids is 1. The van der Waals surface area contributed by atoms with Gasteiger partial charge in [0.2, 0.25) is 0 Å². The second-order valence-corrected chi connectivity index (χ2v) is 6.73. The Balaban J connectivity index is 2.18. The summed E-state index contributed by atoms with van der Waals surface area (Å²) < 4.78 is 3.47. The first-order valence-corrected chi connectivity index (χ1v) is 8.03. The number of aromatic nitrogens is 4. The summed E-state index contributed by atoms with van der Waals surface area (Å²) in [6.45, 7) is 5.60. The molecular formula is C18H22N4O2. The van der Waals surface area contributed by atoms with Crippen molar-refractivity contribution in [3.8, 4) is 11.1 Å². The Bertz CT molecular complexity index is 900. The van der Waals surface area contributed by atoms with Crippen LogP contribution in [0.3, 0.4) is 0 Å². The zero-order valence-electron chi connectivity index (χ0n) is 14.4. The fourth-order valence-electron chi connectivity index (χ4n) is 2.78. The quantitative estimate of drug-likeness (QED) is 0.732. The predicted molar refractivity (Wildman–Crippen MR) is 92.9 cm³/mol. The highest BCUT2D eigenvalue weighted by Crippen LogP contribution is 2.27. The molecule has 126 valence electrons. The molecule has 1 aromatic carbocycles. The van der Waals surface area contributed by atoms with Crippen LogP contribution in [0.4, 0.5) is 0 Å². The number of carbonyl (C=O) groups is 1. The van der Waals surface area contributed by atoms with Crippen LogP contribution in [0.2, 0.25) is 0 Å². The highest BCUT2D eigenvalue weighted by Gasteiger charge is 2.21. The predicted octanol–water partition coefficient (Wildman–Crippen LogP) is 2.80. The first-order valence-electron chi connectivity index (χ1n) is 8.03. The van der Waals surface area contributed by atoms with Crippen LogP contribution in [0.1, 0.15) is 37.7 Å². The number of benzene rings is 1. The van der Waals surface area contributed by atoms with Crippen LogP contribution in [0, 0.1) is 0 Å². The molecule has 1 N–H and O–H groups in total. The van der Waals surface area contributed by atoms with E-state index in [2.05, 4.69) is 10.2 Å². The molecule has 0 radical (unpaired) electrons. The minimum atomic E-state index is -0.921. The number of aliphatic hydroxyl groups is 1. The summed E-state index contributed by atoms with van der Waals surface area (Å²) in [5.41, 5.74) is 2.39. The molecule has 0 atom stereocenters. The molecule has 0 saturated carbocycles. The summed E-state index contributed by atoms with van der Waals surface area (Å²) in [5.74, 6) is 0.00336. The van der Waals surface area contributed by atoms with Gasteiger partial charge in [-0.25, -0.2) is 0 Å². The lowest BCUT2D eigenvalue weighted by Gasteiger charge is -2.17. The molecule has 2 aromatic heterocycles. The number of Topliss-reactive ketones (excluding diaryl/α,β-unsaturated/α-hetero) is 1. The van der Waals surface area contributed by atoms with Crippen molar-refractivity contribution in [1.82, 2.24) is 19.6 Å². The van der Waals surface area contributed by atoms with Gasteiger partial charge in [-0.3, -0.25) is 14.2 Å². The zero-order chi connectivity index (χ0) is 17.5. The molecule has 0 saturated heterocycles. The molecule has 0 fully saturated rings. The van der Waals surface area contributed by atoms with Crippen molar-refractivity contribution in [2.45, 2.75) is 39.3 Å². The largest absolute Gasteiger partial charge is 0.389 e. The van der Waals surface area contributed by atoms with Crippen molar-refractivity contribution < 1.29 is 9.90 Å². The molecule has 0 amide bonds. The van der Waals surface area contributed by atoms with E-state index in [-0.39, 0.29) is 5.78 Å². The van der Waals surface area contributed by atoms with Gasteiger partial charge in [0.25, 0.3) is 0 Å². The fraction of sp³-hybridized carbons (Fsp3) is 0.389. The Kier molecular flexibility index (Phi) is 4.01. The standard InChI is InChI=1S/C18H22N4O2/c1-5-16(23)17-14-7-6-12(13-9-19-21(4)10-13)8-15(14)22(20-17)11-18(2,3)24/h6-10,24H,5,11H2,1-4H3. The number of nitrogens with zero attached hydrogens (tertiary/aromatic N) is 4. The maximum atomic E-state index is 12.2. The minimum absolute atomic E-state index is 0.00336. The molecule has 0 bridgehead atoms. The topological polar surface area (TPSA) is 72.9 Å². The fourth-order valence-corrected chi connectivity index (χ4v) is 2.78. The first-order chi connectivity index (χ1) is 11.3. The number of fused-ring (bicyclic) bond motifs is 1. The van der Waals surface area contributed by atoms with Crippen LogP contribution in [-0.4, -0.2) is 36.1 Å². The van der Waals surface area contributed by atoms with Gasteiger partial charge in [-0.05, 0) is 31.5 Å². The van der Waals surface area contributed by atoms with E-state index in [0.29, 0.717) is 18.7 Å². The van der Waals surface area contributed by atoms with Crippen molar-refractivity contribution in [3.05, 3.63) is 36.3 Å². The summed E-state index contributed by atoms with van der Waals surface area (Å²) in [4.78, 5) is 12.2. The minimum Gasteiger partial charge on any atom is -0.389 e. The normalized spacial score (nSPS) is 12.0. The van der Waals surface area contributed by atoms with Crippen LogP contribution in [0.25, 0.3) is 22.0 Å². The van der Waals surface area contributed by atoms with Gasteiger partial charge in [0, 0.05) is 30.6 Å². The van der Waals surface area contributed by atoms with Crippen molar-refractivity contribution >= 4 is 16.7 Å². The number of aryl methyl sites for hydroxylation is 1.